The van der Waals surface area contributed by atoms with Gasteiger partial charge < -0.3 is 0 Å². The summed E-state index contributed by atoms with van der Waals surface area (Å²) in [5, 5.41) is 3.88. The van der Waals surface area contributed by atoms with Crippen LogP contribution in [0.15, 0.2) is 5.16 Å². The molecule has 0 unspecified atom stereocenters. The average molecular weight is 212 g/mol. The maximum absolute atomic E-state index is 12.0. The highest BCUT2D eigenvalue weighted by atomic mass is 32.1. The van der Waals surface area contributed by atoms with Gasteiger partial charge in [0.05, 0.1) is 7.05 Å². The van der Waals surface area contributed by atoms with E-state index in [1.165, 1.54) is 4.57 Å². The van der Waals surface area contributed by atoms with Gasteiger partial charge in [-0.3, -0.25) is 0 Å². The molecule has 3 nitrogen and oxygen atoms in total. The number of nitrogens with zero attached hydrogens (tertiary/aromatic N) is 3. The van der Waals surface area contributed by atoms with Crippen molar-refractivity contribution in [2.24, 2.45) is 7.05 Å². The van der Waals surface area contributed by atoms with E-state index in [0.29, 0.717) is 5.82 Å². The second-order valence-electron chi connectivity index (χ2n) is 2.68. The lowest BCUT2D eigenvalue weighted by Gasteiger charge is -2.01. The summed E-state index contributed by atoms with van der Waals surface area (Å²) in [4.78, 5) is 0. The summed E-state index contributed by atoms with van der Waals surface area (Å²) in [6, 6.07) is 0. The van der Waals surface area contributed by atoms with Gasteiger partial charge in [-0.25, -0.2) is 4.57 Å². The monoisotopic (exact) mass is 212 g/mol. The number of halogens is 3. The molecule has 0 radical (unpaired) electrons. The van der Waals surface area contributed by atoms with Crippen molar-refractivity contribution < 1.29 is 17.9 Å². The average Bonchev–Trinajstić information content (AvgIpc) is 2.15. The topological polar surface area (TPSA) is 21.7 Å². The van der Waals surface area contributed by atoms with E-state index in [0.717, 1.165) is 4.68 Å². The molecule has 0 saturated carbocycles. The van der Waals surface area contributed by atoms with Gasteiger partial charge in [-0.1, -0.05) is 12.6 Å². The molecule has 0 bridgehead atoms. The maximum Gasteiger partial charge on any atom is 0.428 e. The van der Waals surface area contributed by atoms with Crippen LogP contribution in [0.1, 0.15) is 5.82 Å². The van der Waals surface area contributed by atoms with Gasteiger partial charge in [0.25, 0.3) is 11.0 Å². The third-order valence-corrected chi connectivity index (χ3v) is 2.09. The third-order valence-electron chi connectivity index (χ3n) is 1.70. The zero-order chi connectivity index (χ0) is 10.2. The van der Waals surface area contributed by atoms with Gasteiger partial charge in [-0.2, -0.15) is 13.2 Å². The summed E-state index contributed by atoms with van der Waals surface area (Å²) >= 11 is 3.90. The molecule has 1 rings (SSSR count). The Morgan fingerprint density at radius 3 is 2.38 bits per heavy atom. The number of hydrogen-bond acceptors (Lipinski definition) is 2. The van der Waals surface area contributed by atoms with Crippen molar-refractivity contribution in [2.45, 2.75) is 24.8 Å². The molecular weight excluding hydrogens is 203 g/mol. The first-order chi connectivity index (χ1) is 5.81. The minimum atomic E-state index is -4.25. The highest BCUT2D eigenvalue weighted by Gasteiger charge is 2.34. The lowest BCUT2D eigenvalue weighted by Crippen LogP contribution is -2.45. The Balaban J connectivity index is 2.97. The summed E-state index contributed by atoms with van der Waals surface area (Å²) in [6.07, 6.45) is -4.25. The summed E-state index contributed by atoms with van der Waals surface area (Å²) in [7, 11) is 1.61. The molecule has 0 spiro atoms. The Kier molecular flexibility index (Phi) is 2.56. The Bertz CT molecular complexity index is 318. The van der Waals surface area contributed by atoms with Crippen LogP contribution >= 0.6 is 12.6 Å². The normalized spacial score (nSPS) is 12.2. The van der Waals surface area contributed by atoms with Crippen LogP contribution in [0.25, 0.3) is 0 Å². The number of aromatic nitrogens is 3. The van der Waals surface area contributed by atoms with E-state index in [1.54, 1.807) is 14.0 Å². The summed E-state index contributed by atoms with van der Waals surface area (Å²) < 4.78 is 38.3. The van der Waals surface area contributed by atoms with Crippen LogP contribution in [-0.2, 0) is 13.6 Å². The van der Waals surface area contributed by atoms with E-state index in [-0.39, 0.29) is 5.16 Å². The molecular formula is C6H9F3N3S+. The van der Waals surface area contributed by atoms with E-state index < -0.39 is 12.7 Å². The van der Waals surface area contributed by atoms with Crippen molar-refractivity contribution in [1.29, 1.82) is 0 Å². The van der Waals surface area contributed by atoms with Crippen LogP contribution in [-0.4, -0.2) is 15.8 Å². The quantitative estimate of drug-likeness (QED) is 0.541. The van der Waals surface area contributed by atoms with E-state index >= 15 is 0 Å². The number of rotatable bonds is 1. The van der Waals surface area contributed by atoms with Gasteiger partial charge >= 0.3 is 6.18 Å². The minimum absolute atomic E-state index is 0.266. The first kappa shape index (κ1) is 10.4. The Morgan fingerprint density at radius 1 is 1.54 bits per heavy atom. The van der Waals surface area contributed by atoms with Crippen molar-refractivity contribution >= 4 is 12.6 Å². The lowest BCUT2D eigenvalue weighted by molar-refractivity contribution is -0.777. The zero-order valence-electron chi connectivity index (χ0n) is 7.13. The Morgan fingerprint density at radius 2 is 2.08 bits per heavy atom. The molecule has 0 aliphatic heterocycles. The SMILES string of the molecule is Cc1n(C)c(S)n[n+]1CC(F)(F)F. The summed E-state index contributed by atoms with van der Waals surface area (Å²) in [5.41, 5.74) is 0. The van der Waals surface area contributed by atoms with Crippen LogP contribution in [0.2, 0.25) is 0 Å². The standard InChI is InChI=1S/C6H8F3N3S/c1-4-11(2)5(13)10-12(4)3-6(7,8)9/h3H2,1-2H3/p+1. The minimum Gasteiger partial charge on any atom is -0.208 e. The number of alkyl halides is 3. The van der Waals surface area contributed by atoms with Crippen LogP contribution in [0, 0.1) is 6.92 Å². The smallest absolute Gasteiger partial charge is 0.208 e. The van der Waals surface area contributed by atoms with Gasteiger partial charge in [-0.05, 0) is 5.10 Å². The molecule has 1 aromatic heterocycles. The zero-order valence-corrected chi connectivity index (χ0v) is 8.02. The van der Waals surface area contributed by atoms with Crippen molar-refractivity contribution in [3.05, 3.63) is 5.82 Å². The Hall–Kier alpha value is -0.720. The highest BCUT2D eigenvalue weighted by Crippen LogP contribution is 2.14. The molecule has 74 valence electrons. The summed E-state index contributed by atoms with van der Waals surface area (Å²) in [5.74, 6) is 0.419. The van der Waals surface area contributed by atoms with Gasteiger partial charge in [0, 0.05) is 6.92 Å². The second kappa shape index (κ2) is 3.21. The van der Waals surface area contributed by atoms with Gasteiger partial charge in [0.2, 0.25) is 6.54 Å². The molecule has 0 aromatic carbocycles. The largest absolute Gasteiger partial charge is 0.428 e. The van der Waals surface area contributed by atoms with Crippen LogP contribution < -0.4 is 4.68 Å². The first-order valence-corrected chi connectivity index (χ1v) is 3.95. The molecule has 1 heterocycles. The molecule has 0 saturated heterocycles. The molecule has 0 aliphatic carbocycles. The predicted molar refractivity (Wildman–Crippen MR) is 41.4 cm³/mol. The van der Waals surface area contributed by atoms with Crippen molar-refractivity contribution in [1.82, 2.24) is 9.67 Å². The van der Waals surface area contributed by atoms with Gasteiger partial charge in [0.1, 0.15) is 0 Å². The predicted octanol–water partition coefficient (Wildman–Crippen LogP) is 0.867. The van der Waals surface area contributed by atoms with E-state index in [2.05, 4.69) is 17.7 Å². The van der Waals surface area contributed by atoms with Gasteiger partial charge in [0.15, 0.2) is 0 Å². The molecule has 0 fully saturated rings. The fraction of sp³-hybridized carbons (Fsp3) is 0.667. The van der Waals surface area contributed by atoms with Gasteiger partial charge in [-0.15, -0.1) is 4.68 Å². The van der Waals surface area contributed by atoms with Crippen LogP contribution in [0.5, 0.6) is 0 Å². The van der Waals surface area contributed by atoms with Crippen molar-refractivity contribution in [2.75, 3.05) is 0 Å². The first-order valence-electron chi connectivity index (χ1n) is 3.50. The van der Waals surface area contributed by atoms with Crippen LogP contribution in [0.4, 0.5) is 13.2 Å². The molecule has 0 aliphatic rings. The van der Waals surface area contributed by atoms with Crippen molar-refractivity contribution in [3.63, 3.8) is 0 Å². The van der Waals surface area contributed by atoms with E-state index in [4.69, 9.17) is 0 Å². The lowest BCUT2D eigenvalue weighted by atomic mass is 10.6. The van der Waals surface area contributed by atoms with E-state index in [9.17, 15) is 13.2 Å². The fourth-order valence-electron chi connectivity index (χ4n) is 0.885. The Labute approximate surface area is 78.6 Å². The fourth-order valence-corrected chi connectivity index (χ4v) is 1.14. The number of hydrogen-bond donors (Lipinski definition) is 1. The summed E-state index contributed by atoms with van der Waals surface area (Å²) in [6.45, 7) is 0.478. The molecule has 13 heavy (non-hydrogen) atoms. The van der Waals surface area contributed by atoms with Crippen molar-refractivity contribution in [3.8, 4) is 0 Å². The highest BCUT2D eigenvalue weighted by molar-refractivity contribution is 7.80. The third kappa shape index (κ3) is 2.36. The molecule has 1 aromatic rings. The number of thiol groups is 1. The van der Waals surface area contributed by atoms with Crippen LogP contribution in [0.3, 0.4) is 0 Å². The molecule has 0 amide bonds. The molecule has 0 N–H and O–H groups in total. The molecule has 0 atom stereocenters. The molecule has 7 heteroatoms. The second-order valence-corrected chi connectivity index (χ2v) is 3.08. The van der Waals surface area contributed by atoms with E-state index in [1.807, 2.05) is 0 Å². The maximum atomic E-state index is 12.0.